The molecule has 0 aromatic heterocycles. The van der Waals surface area contributed by atoms with E-state index in [4.69, 9.17) is 23.0 Å². The van der Waals surface area contributed by atoms with Crippen LogP contribution in [0, 0.1) is 6.92 Å². The van der Waals surface area contributed by atoms with Crippen LogP contribution in [0.15, 0.2) is 12.1 Å². The molecule has 9 nitrogen and oxygen atoms in total. The van der Waals surface area contributed by atoms with E-state index in [1.165, 1.54) is 0 Å². The minimum absolute atomic E-state index is 0.0226. The molecule has 0 radical (unpaired) electrons. The highest BCUT2D eigenvalue weighted by Gasteiger charge is 2.33. The minimum atomic E-state index is -3.93. The third-order valence-corrected chi connectivity index (χ3v) is 6.65. The summed E-state index contributed by atoms with van der Waals surface area (Å²) in [6, 6.07) is 3.64. The highest BCUT2D eigenvalue weighted by molar-refractivity contribution is 7.48. The van der Waals surface area contributed by atoms with E-state index in [1.807, 2.05) is 26.8 Å². The Morgan fingerprint density at radius 2 is 1.74 bits per heavy atom. The molecule has 1 atom stereocenters. The Labute approximate surface area is 208 Å². The Balaban J connectivity index is 2.33. The maximum absolute atomic E-state index is 13.6. The first-order valence-corrected chi connectivity index (χ1v) is 13.8. The number of alkyl carbamates (subject to hydrolysis) is 1. The fourth-order valence-electron chi connectivity index (χ4n) is 3.40. The van der Waals surface area contributed by atoms with Gasteiger partial charge < -0.3 is 14.8 Å². The molecule has 35 heavy (non-hydrogen) atoms. The number of hydrogen-bond acceptors (Lipinski definition) is 8. The number of unbranched alkanes of at least 4 members (excludes halogenated alkanes) is 2. The van der Waals surface area contributed by atoms with Crippen molar-refractivity contribution >= 4 is 19.9 Å². The van der Waals surface area contributed by atoms with Crippen molar-refractivity contribution in [2.24, 2.45) is 0 Å². The van der Waals surface area contributed by atoms with E-state index in [0.29, 0.717) is 30.6 Å². The van der Waals surface area contributed by atoms with Crippen molar-refractivity contribution in [3.05, 3.63) is 28.8 Å². The number of aryl methyl sites for hydroxylation is 2. The van der Waals surface area contributed by atoms with Gasteiger partial charge in [0, 0.05) is 0 Å². The van der Waals surface area contributed by atoms with Crippen LogP contribution >= 0.6 is 7.82 Å². The minimum Gasteiger partial charge on any atom is -0.444 e. The molecule has 1 aromatic rings. The van der Waals surface area contributed by atoms with Crippen LogP contribution < -0.4 is 10.1 Å². The average molecular weight is 514 g/mol. The fraction of sp³-hybridized carbons (Fsp3) is 0.680. The summed E-state index contributed by atoms with van der Waals surface area (Å²) >= 11 is 0. The van der Waals surface area contributed by atoms with Gasteiger partial charge in [-0.1, -0.05) is 26.7 Å². The van der Waals surface area contributed by atoms with Crippen LogP contribution in [0.3, 0.4) is 0 Å². The number of amides is 1. The summed E-state index contributed by atoms with van der Waals surface area (Å²) in [5.74, 6) is 0.260. The molecule has 1 N–H and O–H groups in total. The van der Waals surface area contributed by atoms with Gasteiger partial charge in [0.1, 0.15) is 17.5 Å². The fourth-order valence-corrected chi connectivity index (χ4v) is 4.81. The number of phosphoric acid groups is 1. The molecule has 1 aliphatic heterocycles. The molecule has 1 amide bonds. The molecule has 2 rings (SSSR count). The zero-order valence-corrected chi connectivity index (χ0v) is 22.7. The van der Waals surface area contributed by atoms with Gasteiger partial charge in [-0.25, -0.2) is 9.36 Å². The van der Waals surface area contributed by atoms with Crippen molar-refractivity contribution in [3.63, 3.8) is 0 Å². The maximum atomic E-state index is 13.6. The van der Waals surface area contributed by atoms with Crippen LogP contribution in [0.25, 0.3) is 0 Å². The van der Waals surface area contributed by atoms with Gasteiger partial charge in [-0.3, -0.25) is 18.4 Å². The van der Waals surface area contributed by atoms with E-state index in [2.05, 4.69) is 5.32 Å². The average Bonchev–Trinajstić information content (AvgIpc) is 2.76. The molecule has 1 unspecified atom stereocenters. The van der Waals surface area contributed by atoms with E-state index in [-0.39, 0.29) is 32.1 Å². The van der Waals surface area contributed by atoms with Crippen LogP contribution in [0.5, 0.6) is 5.75 Å². The van der Waals surface area contributed by atoms with Crippen molar-refractivity contribution in [2.75, 3.05) is 19.8 Å². The zero-order chi connectivity index (χ0) is 26.1. The van der Waals surface area contributed by atoms with Crippen LogP contribution in [-0.4, -0.2) is 37.4 Å². The third kappa shape index (κ3) is 9.92. The van der Waals surface area contributed by atoms with Crippen molar-refractivity contribution in [3.8, 4) is 5.75 Å². The molecule has 1 aliphatic rings. The van der Waals surface area contributed by atoms with Gasteiger partial charge in [0.15, 0.2) is 0 Å². The van der Waals surface area contributed by atoms with Crippen molar-refractivity contribution < 1.29 is 37.2 Å². The Hall–Kier alpha value is -1.93. The maximum Gasteiger partial charge on any atom is 0.475 e. The monoisotopic (exact) mass is 513 g/mol. The van der Waals surface area contributed by atoms with Crippen LogP contribution in [-0.2, 0) is 34.1 Å². The first-order valence-electron chi connectivity index (χ1n) is 12.3. The first kappa shape index (κ1) is 29.3. The molecule has 1 heterocycles. The molecule has 10 heteroatoms. The SMILES string of the molecule is CCCCOP(=O)(OCCCC)OC(CNC(=O)OC(C)(C)C)c1cc(C)c2c(c1)CCC(=O)O2. The van der Waals surface area contributed by atoms with Crippen molar-refractivity contribution in [1.29, 1.82) is 0 Å². The topological polar surface area (TPSA) is 109 Å². The smallest absolute Gasteiger partial charge is 0.444 e. The normalized spacial score (nSPS) is 14.7. The van der Waals surface area contributed by atoms with E-state index in [1.54, 1.807) is 26.8 Å². The summed E-state index contributed by atoms with van der Waals surface area (Å²) in [6.07, 6.45) is 2.45. The van der Waals surface area contributed by atoms with Crippen LogP contribution in [0.1, 0.15) is 89.5 Å². The molecule has 0 fully saturated rings. The number of ether oxygens (including phenoxy) is 2. The molecule has 1 aromatic carbocycles. The second-order valence-corrected chi connectivity index (χ2v) is 11.2. The lowest BCUT2D eigenvalue weighted by Gasteiger charge is -2.27. The molecular weight excluding hydrogens is 473 g/mol. The number of esters is 1. The molecule has 0 bridgehead atoms. The lowest BCUT2D eigenvalue weighted by atomic mass is 9.97. The second kappa shape index (κ2) is 13.4. The van der Waals surface area contributed by atoms with Crippen LogP contribution in [0.2, 0.25) is 0 Å². The van der Waals surface area contributed by atoms with Gasteiger partial charge in [0.05, 0.1) is 26.2 Å². The summed E-state index contributed by atoms with van der Waals surface area (Å²) < 4.78 is 41.5. The third-order valence-electron chi connectivity index (χ3n) is 5.14. The summed E-state index contributed by atoms with van der Waals surface area (Å²) in [6.45, 7) is 11.6. The van der Waals surface area contributed by atoms with Gasteiger partial charge >= 0.3 is 19.9 Å². The van der Waals surface area contributed by atoms with E-state index in [0.717, 1.165) is 24.0 Å². The lowest BCUT2D eigenvalue weighted by molar-refractivity contribution is -0.135. The number of nitrogens with one attached hydrogen (secondary N) is 1. The number of phosphoric ester groups is 1. The van der Waals surface area contributed by atoms with Crippen molar-refractivity contribution in [1.82, 2.24) is 5.32 Å². The number of benzene rings is 1. The largest absolute Gasteiger partial charge is 0.475 e. The summed E-state index contributed by atoms with van der Waals surface area (Å²) in [5.41, 5.74) is 1.58. The second-order valence-electron chi connectivity index (χ2n) is 9.60. The zero-order valence-electron chi connectivity index (χ0n) is 21.8. The van der Waals surface area contributed by atoms with E-state index < -0.39 is 25.6 Å². The van der Waals surface area contributed by atoms with Gasteiger partial charge in [0.25, 0.3) is 0 Å². The molecule has 0 aliphatic carbocycles. The highest BCUT2D eigenvalue weighted by atomic mass is 31.2. The lowest BCUT2D eigenvalue weighted by Crippen LogP contribution is -2.35. The van der Waals surface area contributed by atoms with Crippen LogP contribution in [0.4, 0.5) is 4.79 Å². The van der Waals surface area contributed by atoms with Gasteiger partial charge in [0.2, 0.25) is 0 Å². The summed E-state index contributed by atoms with van der Waals surface area (Å²) in [4.78, 5) is 24.1. The molecule has 0 spiro atoms. The number of hydrogen-bond donors (Lipinski definition) is 1. The van der Waals surface area contributed by atoms with Gasteiger partial charge in [-0.15, -0.1) is 0 Å². The number of carbonyl (C=O) groups is 2. The molecule has 0 saturated carbocycles. The molecular formula is C25H40NO8P. The number of carbonyl (C=O) groups excluding carboxylic acids is 2. The van der Waals surface area contributed by atoms with Gasteiger partial charge in [-0.05, 0) is 75.8 Å². The van der Waals surface area contributed by atoms with Crippen molar-refractivity contribution in [2.45, 2.75) is 91.8 Å². The number of rotatable bonds is 13. The predicted octanol–water partition coefficient (Wildman–Crippen LogP) is 6.17. The molecule has 0 saturated heterocycles. The highest BCUT2D eigenvalue weighted by Crippen LogP contribution is 2.53. The predicted molar refractivity (Wildman–Crippen MR) is 133 cm³/mol. The van der Waals surface area contributed by atoms with E-state index >= 15 is 0 Å². The number of fused-ring (bicyclic) bond motifs is 1. The Bertz CT molecular complexity index is 897. The summed E-state index contributed by atoms with van der Waals surface area (Å²) in [5, 5.41) is 2.70. The first-order chi connectivity index (χ1) is 16.5. The van der Waals surface area contributed by atoms with Gasteiger partial charge in [-0.2, -0.15) is 0 Å². The molecule has 198 valence electrons. The Kier molecular flexibility index (Phi) is 11.2. The standard InChI is InChI=1S/C25H40NO8P/c1-7-9-13-30-35(29,31-14-10-8-2)34-21(17-26-24(28)33-25(4,5)6)20-15-18(3)23-19(16-20)11-12-22(27)32-23/h15-16,21H,7-14,17H2,1-6H3,(H,26,28). The van der Waals surface area contributed by atoms with E-state index in [9.17, 15) is 14.2 Å². The Morgan fingerprint density at radius 3 is 2.31 bits per heavy atom. The Morgan fingerprint density at radius 1 is 1.11 bits per heavy atom. The quantitative estimate of drug-likeness (QED) is 0.144. The summed E-state index contributed by atoms with van der Waals surface area (Å²) in [7, 11) is -3.93.